The van der Waals surface area contributed by atoms with Crippen LogP contribution in [0.25, 0.3) is 0 Å². The van der Waals surface area contributed by atoms with Crippen LogP contribution < -0.4 is 0 Å². The van der Waals surface area contributed by atoms with E-state index in [9.17, 15) is 0 Å². The SMILES string of the molecule is CC(C)(C)CCOC(C)(C)C.CC(C)(C)OCCOC(C)(C)C.CC(C)(C)OCOC(C)(C)C. The lowest BCUT2D eigenvalue weighted by molar-refractivity contribution is -0.163. The predicted molar refractivity (Wildman–Crippen MR) is 148 cm³/mol. The molecule has 0 aromatic heterocycles. The molecule has 0 radical (unpaired) electrons. The van der Waals surface area contributed by atoms with Crippen LogP contribution >= 0.6 is 0 Å². The van der Waals surface area contributed by atoms with E-state index in [1.54, 1.807) is 0 Å². The van der Waals surface area contributed by atoms with Gasteiger partial charge >= 0.3 is 0 Å². The van der Waals surface area contributed by atoms with Gasteiger partial charge in [0.05, 0.1) is 41.2 Å². The van der Waals surface area contributed by atoms with E-state index in [0.717, 1.165) is 13.0 Å². The highest BCUT2D eigenvalue weighted by atomic mass is 16.7. The summed E-state index contributed by atoms with van der Waals surface area (Å²) in [6.07, 6.45) is 1.13. The Morgan fingerprint density at radius 3 is 0.765 bits per heavy atom. The summed E-state index contributed by atoms with van der Waals surface area (Å²) in [5.41, 5.74) is 0.0927. The van der Waals surface area contributed by atoms with E-state index in [4.69, 9.17) is 23.7 Å². The molecule has 5 nitrogen and oxygen atoms in total. The summed E-state index contributed by atoms with van der Waals surface area (Å²) < 4.78 is 27.4. The molecule has 0 amide bonds. The fourth-order valence-electron chi connectivity index (χ4n) is 1.74. The van der Waals surface area contributed by atoms with Crippen LogP contribution in [0.1, 0.15) is 131 Å². The Morgan fingerprint density at radius 1 is 0.324 bits per heavy atom. The van der Waals surface area contributed by atoms with Crippen molar-refractivity contribution in [1.29, 1.82) is 0 Å². The summed E-state index contributed by atoms with van der Waals surface area (Å²) in [6, 6.07) is 0. The second-order valence-electron chi connectivity index (χ2n) is 14.8. The van der Waals surface area contributed by atoms with Crippen LogP contribution in [-0.4, -0.2) is 54.6 Å². The van der Waals surface area contributed by atoms with Crippen molar-refractivity contribution in [2.45, 2.75) is 159 Å². The Labute approximate surface area is 215 Å². The first kappa shape index (κ1) is 38.3. The normalized spacial score (nSPS) is 13.6. The summed E-state index contributed by atoms with van der Waals surface area (Å²) in [5.74, 6) is 0. The smallest absolute Gasteiger partial charge is 0.148 e. The molecule has 0 saturated carbocycles. The monoisotopic (exact) mass is 492 g/mol. The zero-order valence-electron chi connectivity index (χ0n) is 26.6. The predicted octanol–water partition coefficient (Wildman–Crippen LogP) is 8.43. The van der Waals surface area contributed by atoms with Gasteiger partial charge in [-0.15, -0.1) is 0 Å². The van der Waals surface area contributed by atoms with Gasteiger partial charge < -0.3 is 23.7 Å². The highest BCUT2D eigenvalue weighted by Gasteiger charge is 2.15. The molecule has 0 spiro atoms. The Bertz CT molecular complexity index is 398. The molecule has 0 aromatic carbocycles. The molecule has 0 aliphatic rings. The number of hydrogen-bond donors (Lipinski definition) is 0. The van der Waals surface area contributed by atoms with E-state index in [1.807, 2.05) is 83.1 Å². The first-order chi connectivity index (χ1) is 14.6. The third-order valence-corrected chi connectivity index (χ3v) is 3.52. The van der Waals surface area contributed by atoms with Gasteiger partial charge in [0.1, 0.15) is 6.79 Å². The number of rotatable bonds is 7. The molecular formula is C29H64O5. The minimum atomic E-state index is -0.106. The molecule has 0 aliphatic heterocycles. The molecule has 5 heteroatoms. The van der Waals surface area contributed by atoms with Gasteiger partial charge in [-0.2, -0.15) is 0 Å². The van der Waals surface area contributed by atoms with Crippen molar-refractivity contribution in [1.82, 2.24) is 0 Å². The maximum atomic E-state index is 5.61. The highest BCUT2D eigenvalue weighted by Crippen LogP contribution is 2.19. The second-order valence-corrected chi connectivity index (χ2v) is 14.8. The Hall–Kier alpha value is -0.200. The third-order valence-electron chi connectivity index (χ3n) is 3.52. The van der Waals surface area contributed by atoms with Crippen LogP contribution in [0.2, 0.25) is 0 Å². The van der Waals surface area contributed by atoms with Crippen LogP contribution in [0, 0.1) is 5.41 Å². The van der Waals surface area contributed by atoms with Crippen molar-refractivity contribution >= 4 is 0 Å². The fraction of sp³-hybridized carbons (Fsp3) is 1.00. The molecule has 0 saturated heterocycles. The zero-order valence-corrected chi connectivity index (χ0v) is 26.6. The summed E-state index contributed by atoms with van der Waals surface area (Å²) >= 11 is 0. The molecule has 0 rings (SSSR count). The molecule has 0 N–H and O–H groups in total. The van der Waals surface area contributed by atoms with E-state index in [1.165, 1.54) is 0 Å². The number of ether oxygens (including phenoxy) is 5. The van der Waals surface area contributed by atoms with Gasteiger partial charge in [0.15, 0.2) is 0 Å². The topological polar surface area (TPSA) is 46.2 Å². The quantitative estimate of drug-likeness (QED) is 0.263. The van der Waals surface area contributed by atoms with Gasteiger partial charge in [-0.05, 0) is 116 Å². The van der Waals surface area contributed by atoms with Gasteiger partial charge in [-0.1, -0.05) is 20.8 Å². The lowest BCUT2D eigenvalue weighted by Gasteiger charge is -2.24. The Morgan fingerprint density at radius 2 is 0.559 bits per heavy atom. The molecule has 34 heavy (non-hydrogen) atoms. The molecule has 210 valence electrons. The summed E-state index contributed by atoms with van der Waals surface area (Å²) in [5, 5.41) is 0. The minimum Gasteiger partial charge on any atom is -0.376 e. The van der Waals surface area contributed by atoms with Crippen LogP contribution in [0.5, 0.6) is 0 Å². The van der Waals surface area contributed by atoms with Gasteiger partial charge in [0.25, 0.3) is 0 Å². The lowest BCUT2D eigenvalue weighted by atomic mass is 9.93. The van der Waals surface area contributed by atoms with E-state index in [2.05, 4.69) is 41.5 Å². The van der Waals surface area contributed by atoms with E-state index < -0.39 is 0 Å². The van der Waals surface area contributed by atoms with Crippen molar-refractivity contribution in [3.05, 3.63) is 0 Å². The highest BCUT2D eigenvalue weighted by molar-refractivity contribution is 4.64. The third kappa shape index (κ3) is 49.0. The average Bonchev–Trinajstić information content (AvgIpc) is 2.45. The maximum absolute atomic E-state index is 5.61. The van der Waals surface area contributed by atoms with E-state index in [-0.39, 0.29) is 28.0 Å². The maximum Gasteiger partial charge on any atom is 0.148 e. The molecule has 0 bridgehead atoms. The van der Waals surface area contributed by atoms with Gasteiger partial charge in [-0.3, -0.25) is 0 Å². The molecule has 0 aromatic rings. The van der Waals surface area contributed by atoms with Crippen molar-refractivity contribution < 1.29 is 23.7 Å². The van der Waals surface area contributed by atoms with Gasteiger partial charge in [-0.25, -0.2) is 0 Å². The van der Waals surface area contributed by atoms with Crippen LogP contribution in [-0.2, 0) is 23.7 Å². The van der Waals surface area contributed by atoms with Crippen molar-refractivity contribution in [2.75, 3.05) is 26.6 Å². The van der Waals surface area contributed by atoms with Crippen LogP contribution in [0.3, 0.4) is 0 Å². The Kier molecular flexibility index (Phi) is 17.8. The first-order valence-electron chi connectivity index (χ1n) is 12.8. The molecule has 0 heterocycles. The standard InChI is InChI=1S/C10H22O2.C10H22O.C9H20O2/c1-9(2,3)11-7-8-12-10(4,5)6;1-9(2,3)7-8-11-10(4,5)6;1-8(2,3)10-7-11-9(4,5)6/h7-8H2,1-6H3;7-8H2,1-6H3;7H2,1-6H3. The van der Waals surface area contributed by atoms with E-state index in [0.29, 0.717) is 25.4 Å². The zero-order chi connectivity index (χ0) is 28.1. The Balaban J connectivity index is -0.000000425. The summed E-state index contributed by atoms with van der Waals surface area (Å²) in [7, 11) is 0. The molecule has 0 aliphatic carbocycles. The molecular weight excluding hydrogens is 428 g/mol. The van der Waals surface area contributed by atoms with Gasteiger partial charge in [0.2, 0.25) is 0 Å². The summed E-state index contributed by atoms with van der Waals surface area (Å²) in [4.78, 5) is 0. The fourth-order valence-corrected chi connectivity index (χ4v) is 1.74. The molecule has 0 unspecified atom stereocenters. The average molecular weight is 493 g/mol. The molecule has 0 fully saturated rings. The van der Waals surface area contributed by atoms with Crippen LogP contribution in [0.15, 0.2) is 0 Å². The van der Waals surface area contributed by atoms with Crippen molar-refractivity contribution in [3.63, 3.8) is 0 Å². The number of hydrogen-bond acceptors (Lipinski definition) is 5. The van der Waals surface area contributed by atoms with Crippen molar-refractivity contribution in [2.24, 2.45) is 5.41 Å². The minimum absolute atomic E-state index is 0.0191. The summed E-state index contributed by atoms with van der Waals surface area (Å²) in [6.45, 7) is 39.9. The molecule has 0 atom stereocenters. The largest absolute Gasteiger partial charge is 0.376 e. The first-order valence-corrected chi connectivity index (χ1v) is 12.8. The lowest BCUT2D eigenvalue weighted by Crippen LogP contribution is -2.26. The second kappa shape index (κ2) is 15.8. The van der Waals surface area contributed by atoms with Gasteiger partial charge in [0, 0.05) is 6.61 Å². The van der Waals surface area contributed by atoms with Crippen molar-refractivity contribution in [3.8, 4) is 0 Å². The van der Waals surface area contributed by atoms with E-state index >= 15 is 0 Å². The van der Waals surface area contributed by atoms with Crippen LogP contribution in [0.4, 0.5) is 0 Å².